The first-order valence-corrected chi connectivity index (χ1v) is 7.99. The fraction of sp³-hybridized carbons (Fsp3) is 0.588. The van der Waals surface area contributed by atoms with Gasteiger partial charge in [-0.15, -0.1) is 0 Å². The standard InChI is InChI=1S/C17H20F3NO2/c18-17(19,20)15-5-1-3-12(9-15)13-6-7-21(10-13)16(22)14-4-2-8-23-11-14/h1,3,5,9,13-14H,2,4,6-8,10-11H2. The second-order valence-electron chi connectivity index (χ2n) is 6.31. The van der Waals surface area contributed by atoms with Gasteiger partial charge < -0.3 is 9.64 Å². The van der Waals surface area contributed by atoms with Crippen LogP contribution in [0.3, 0.4) is 0 Å². The fourth-order valence-corrected chi connectivity index (χ4v) is 3.40. The first-order valence-electron chi connectivity index (χ1n) is 7.99. The molecule has 2 fully saturated rings. The zero-order chi connectivity index (χ0) is 16.4. The van der Waals surface area contributed by atoms with Crippen LogP contribution in [0.5, 0.6) is 0 Å². The van der Waals surface area contributed by atoms with E-state index in [-0.39, 0.29) is 17.7 Å². The Morgan fingerprint density at radius 1 is 1.26 bits per heavy atom. The van der Waals surface area contributed by atoms with E-state index in [2.05, 4.69) is 0 Å². The van der Waals surface area contributed by atoms with E-state index >= 15 is 0 Å². The van der Waals surface area contributed by atoms with E-state index in [1.165, 1.54) is 12.1 Å². The molecule has 23 heavy (non-hydrogen) atoms. The van der Waals surface area contributed by atoms with E-state index in [9.17, 15) is 18.0 Å². The molecule has 0 bridgehead atoms. The second kappa shape index (κ2) is 6.51. The molecule has 0 N–H and O–H groups in total. The van der Waals surface area contributed by atoms with E-state index in [1.807, 2.05) is 0 Å². The molecular formula is C17H20F3NO2. The Morgan fingerprint density at radius 2 is 2.09 bits per heavy atom. The maximum absolute atomic E-state index is 12.8. The van der Waals surface area contributed by atoms with Gasteiger partial charge in [0.1, 0.15) is 0 Å². The fourth-order valence-electron chi connectivity index (χ4n) is 3.40. The first-order chi connectivity index (χ1) is 10.9. The number of amides is 1. The van der Waals surface area contributed by atoms with Crippen molar-refractivity contribution in [1.82, 2.24) is 4.90 Å². The lowest BCUT2D eigenvalue weighted by Gasteiger charge is -2.26. The van der Waals surface area contributed by atoms with Gasteiger partial charge in [-0.3, -0.25) is 4.79 Å². The van der Waals surface area contributed by atoms with Crippen molar-refractivity contribution in [1.29, 1.82) is 0 Å². The van der Waals surface area contributed by atoms with Crippen molar-refractivity contribution < 1.29 is 22.7 Å². The van der Waals surface area contributed by atoms with Crippen molar-refractivity contribution in [2.75, 3.05) is 26.3 Å². The highest BCUT2D eigenvalue weighted by Gasteiger charge is 2.34. The summed E-state index contributed by atoms with van der Waals surface area (Å²) in [7, 11) is 0. The number of alkyl halides is 3. The third-order valence-electron chi connectivity index (χ3n) is 4.69. The molecule has 126 valence electrons. The van der Waals surface area contributed by atoms with Crippen LogP contribution in [0, 0.1) is 5.92 Å². The summed E-state index contributed by atoms with van der Waals surface area (Å²) in [6.07, 6.45) is -1.89. The van der Waals surface area contributed by atoms with Gasteiger partial charge in [-0.05, 0) is 30.9 Å². The third kappa shape index (κ3) is 3.68. The van der Waals surface area contributed by atoms with Crippen molar-refractivity contribution in [2.24, 2.45) is 5.92 Å². The second-order valence-corrected chi connectivity index (χ2v) is 6.31. The highest BCUT2D eigenvalue weighted by atomic mass is 19.4. The minimum absolute atomic E-state index is 0.0224. The Labute approximate surface area is 133 Å². The highest BCUT2D eigenvalue weighted by Crippen LogP contribution is 2.34. The van der Waals surface area contributed by atoms with Gasteiger partial charge in [0.15, 0.2) is 0 Å². The largest absolute Gasteiger partial charge is 0.416 e. The van der Waals surface area contributed by atoms with Crippen LogP contribution in [0.2, 0.25) is 0 Å². The molecule has 1 aromatic carbocycles. The van der Waals surface area contributed by atoms with Gasteiger partial charge >= 0.3 is 6.18 Å². The molecule has 2 atom stereocenters. The van der Waals surface area contributed by atoms with Gasteiger partial charge in [0.2, 0.25) is 5.91 Å². The number of carbonyl (C=O) groups is 1. The maximum Gasteiger partial charge on any atom is 0.416 e. The average molecular weight is 327 g/mol. The van der Waals surface area contributed by atoms with Gasteiger partial charge in [-0.2, -0.15) is 13.2 Å². The minimum atomic E-state index is -4.33. The van der Waals surface area contributed by atoms with Crippen LogP contribution in [-0.4, -0.2) is 37.1 Å². The number of carbonyl (C=O) groups excluding carboxylic acids is 1. The predicted octanol–water partition coefficient (Wildman–Crippen LogP) is 3.45. The number of benzene rings is 1. The SMILES string of the molecule is O=C(C1CCCOC1)N1CCC(c2cccc(C(F)(F)F)c2)C1. The van der Waals surface area contributed by atoms with Gasteiger partial charge in [-0.1, -0.05) is 18.2 Å². The molecule has 0 saturated carbocycles. The van der Waals surface area contributed by atoms with E-state index in [0.717, 1.165) is 18.9 Å². The molecule has 2 aliphatic heterocycles. The van der Waals surface area contributed by atoms with Crippen LogP contribution in [0.4, 0.5) is 13.2 Å². The average Bonchev–Trinajstić information content (AvgIpc) is 3.04. The van der Waals surface area contributed by atoms with Crippen LogP contribution >= 0.6 is 0 Å². The van der Waals surface area contributed by atoms with Crippen LogP contribution < -0.4 is 0 Å². The smallest absolute Gasteiger partial charge is 0.381 e. The minimum Gasteiger partial charge on any atom is -0.381 e. The molecule has 2 unspecified atom stereocenters. The lowest BCUT2D eigenvalue weighted by atomic mass is 9.96. The Balaban J connectivity index is 1.66. The molecule has 6 heteroatoms. The van der Waals surface area contributed by atoms with Crippen molar-refractivity contribution in [2.45, 2.75) is 31.4 Å². The van der Waals surface area contributed by atoms with Crippen LogP contribution in [0.15, 0.2) is 24.3 Å². The molecular weight excluding hydrogens is 307 g/mol. The molecule has 2 heterocycles. The maximum atomic E-state index is 12.8. The molecule has 0 aliphatic carbocycles. The van der Waals surface area contributed by atoms with E-state index in [1.54, 1.807) is 11.0 Å². The van der Waals surface area contributed by atoms with Crippen molar-refractivity contribution >= 4 is 5.91 Å². The number of likely N-dealkylation sites (tertiary alicyclic amines) is 1. The van der Waals surface area contributed by atoms with Crippen LogP contribution in [0.1, 0.15) is 36.3 Å². The number of hydrogen-bond acceptors (Lipinski definition) is 2. The number of nitrogens with zero attached hydrogens (tertiary/aromatic N) is 1. The van der Waals surface area contributed by atoms with Gasteiger partial charge in [0.25, 0.3) is 0 Å². The predicted molar refractivity (Wildman–Crippen MR) is 78.9 cm³/mol. The van der Waals surface area contributed by atoms with Crippen LogP contribution in [0.25, 0.3) is 0 Å². The van der Waals surface area contributed by atoms with Crippen molar-refractivity contribution in [3.05, 3.63) is 35.4 Å². The van der Waals surface area contributed by atoms with E-state index in [0.29, 0.717) is 38.3 Å². The highest BCUT2D eigenvalue weighted by molar-refractivity contribution is 5.79. The number of hydrogen-bond donors (Lipinski definition) is 0. The zero-order valence-corrected chi connectivity index (χ0v) is 12.8. The van der Waals surface area contributed by atoms with Crippen molar-refractivity contribution in [3.8, 4) is 0 Å². The summed E-state index contributed by atoms with van der Waals surface area (Å²) in [5.41, 5.74) is 0.0375. The molecule has 2 aliphatic rings. The molecule has 2 saturated heterocycles. The van der Waals surface area contributed by atoms with E-state index < -0.39 is 11.7 Å². The lowest BCUT2D eigenvalue weighted by molar-refractivity contribution is -0.139. The topological polar surface area (TPSA) is 29.5 Å². The molecule has 0 aromatic heterocycles. The Kier molecular flexibility index (Phi) is 4.62. The third-order valence-corrected chi connectivity index (χ3v) is 4.69. The number of ether oxygens (including phenoxy) is 1. The Bertz CT molecular complexity index is 567. The summed E-state index contributed by atoms with van der Waals surface area (Å²) in [6.45, 7) is 2.27. The zero-order valence-electron chi connectivity index (χ0n) is 12.8. The lowest BCUT2D eigenvalue weighted by Crippen LogP contribution is -2.38. The first kappa shape index (κ1) is 16.3. The number of halogens is 3. The van der Waals surface area contributed by atoms with Gasteiger partial charge in [0.05, 0.1) is 18.1 Å². The summed E-state index contributed by atoms with van der Waals surface area (Å²) in [4.78, 5) is 14.3. The summed E-state index contributed by atoms with van der Waals surface area (Å²) in [6, 6.07) is 5.46. The van der Waals surface area contributed by atoms with Gasteiger partial charge in [-0.25, -0.2) is 0 Å². The van der Waals surface area contributed by atoms with Crippen molar-refractivity contribution in [3.63, 3.8) is 0 Å². The van der Waals surface area contributed by atoms with Gasteiger partial charge in [0, 0.05) is 25.6 Å². The number of rotatable bonds is 2. The Morgan fingerprint density at radius 3 is 2.78 bits per heavy atom. The summed E-state index contributed by atoms with van der Waals surface area (Å²) in [5, 5.41) is 0. The molecule has 1 aromatic rings. The summed E-state index contributed by atoms with van der Waals surface area (Å²) < 4.78 is 43.8. The molecule has 0 radical (unpaired) electrons. The Hall–Kier alpha value is -1.56. The molecule has 1 amide bonds. The monoisotopic (exact) mass is 327 g/mol. The summed E-state index contributed by atoms with van der Waals surface area (Å²) >= 11 is 0. The summed E-state index contributed by atoms with van der Waals surface area (Å²) in [5.74, 6) is -0.0334. The molecule has 3 rings (SSSR count). The van der Waals surface area contributed by atoms with E-state index in [4.69, 9.17) is 4.74 Å². The quantitative estimate of drug-likeness (QED) is 0.833. The van der Waals surface area contributed by atoms with Crippen LogP contribution in [-0.2, 0) is 15.7 Å². The molecule has 3 nitrogen and oxygen atoms in total. The molecule has 0 spiro atoms. The normalized spacial score (nSPS) is 25.6.